The fourth-order valence-electron chi connectivity index (χ4n) is 3.12. The number of aromatic nitrogens is 2. The van der Waals surface area contributed by atoms with Gasteiger partial charge < -0.3 is 20.0 Å². The van der Waals surface area contributed by atoms with E-state index in [4.69, 9.17) is 4.42 Å². The van der Waals surface area contributed by atoms with Crippen molar-refractivity contribution in [1.29, 1.82) is 0 Å². The Morgan fingerprint density at radius 1 is 1.27 bits per heavy atom. The quantitative estimate of drug-likeness (QED) is 0.633. The van der Waals surface area contributed by atoms with Crippen LogP contribution in [0.5, 0.6) is 0 Å². The normalized spacial score (nSPS) is 19.8. The predicted octanol–water partition coefficient (Wildman–Crippen LogP) is 3.14. The molecular formula is C18H24IN5O2. The summed E-state index contributed by atoms with van der Waals surface area (Å²) in [6.45, 7) is 0.690. The summed E-state index contributed by atoms with van der Waals surface area (Å²) in [5.74, 6) is 2.32. The third kappa shape index (κ3) is 5.09. The number of furan rings is 1. The predicted molar refractivity (Wildman–Crippen MR) is 109 cm³/mol. The molecule has 1 saturated carbocycles. The van der Waals surface area contributed by atoms with Crippen molar-refractivity contribution < 1.29 is 9.21 Å². The van der Waals surface area contributed by atoms with Crippen molar-refractivity contribution >= 4 is 40.3 Å². The second kappa shape index (κ2) is 8.70. The van der Waals surface area contributed by atoms with Crippen molar-refractivity contribution in [3.63, 3.8) is 0 Å². The molecule has 7 nitrogen and oxygen atoms in total. The molecule has 1 aliphatic carbocycles. The minimum absolute atomic E-state index is 0.137. The Bertz CT molecular complexity index is 741. The van der Waals surface area contributed by atoms with E-state index in [2.05, 4.69) is 43.2 Å². The van der Waals surface area contributed by atoms with Gasteiger partial charge in [-0.3, -0.25) is 4.79 Å². The van der Waals surface area contributed by atoms with Crippen LogP contribution in [0.25, 0.3) is 0 Å². The van der Waals surface area contributed by atoms with Crippen LogP contribution in [0.2, 0.25) is 0 Å². The molecule has 1 aliphatic rings. The maximum Gasteiger partial charge on any atom is 0.287 e. The van der Waals surface area contributed by atoms with Crippen molar-refractivity contribution in [2.24, 2.45) is 5.92 Å². The molecule has 140 valence electrons. The monoisotopic (exact) mass is 469 g/mol. The van der Waals surface area contributed by atoms with Crippen LogP contribution in [0.3, 0.4) is 0 Å². The molecule has 1 amide bonds. The van der Waals surface area contributed by atoms with Crippen molar-refractivity contribution in [3.05, 3.63) is 33.9 Å². The first-order valence-corrected chi connectivity index (χ1v) is 9.89. The standard InChI is InChI=1S/C18H24IN5O2/c1-24(2)16-9-10-20-18(23-16)22-13-5-3-12(4-6-13)11-21-17(25)14-7-8-15(19)26-14/h7-10,12-13H,3-6,11H2,1-2H3,(H,21,25)(H,20,22,23)/t12-,13+. The van der Waals surface area contributed by atoms with E-state index in [1.54, 1.807) is 18.3 Å². The lowest BCUT2D eigenvalue weighted by atomic mass is 9.86. The van der Waals surface area contributed by atoms with E-state index in [9.17, 15) is 4.79 Å². The third-order valence-electron chi connectivity index (χ3n) is 4.63. The molecule has 2 heterocycles. The number of carbonyl (C=O) groups excluding carboxylic acids is 1. The first-order valence-electron chi connectivity index (χ1n) is 8.81. The van der Waals surface area contributed by atoms with Crippen molar-refractivity contribution in [2.75, 3.05) is 30.9 Å². The van der Waals surface area contributed by atoms with E-state index in [0.717, 1.165) is 35.3 Å². The van der Waals surface area contributed by atoms with Gasteiger partial charge in [-0.15, -0.1) is 0 Å². The van der Waals surface area contributed by atoms with Gasteiger partial charge in [-0.25, -0.2) is 4.98 Å². The molecule has 0 saturated heterocycles. The summed E-state index contributed by atoms with van der Waals surface area (Å²) in [5.41, 5.74) is 0. The minimum Gasteiger partial charge on any atom is -0.445 e. The van der Waals surface area contributed by atoms with Gasteiger partial charge in [-0.05, 0) is 72.4 Å². The fourth-order valence-corrected chi connectivity index (χ4v) is 3.54. The van der Waals surface area contributed by atoms with Gasteiger partial charge in [0.25, 0.3) is 5.91 Å². The summed E-state index contributed by atoms with van der Waals surface area (Å²) in [4.78, 5) is 22.8. The lowest BCUT2D eigenvalue weighted by Gasteiger charge is -2.29. The van der Waals surface area contributed by atoms with E-state index in [0.29, 0.717) is 30.2 Å². The van der Waals surface area contributed by atoms with E-state index < -0.39 is 0 Å². The summed E-state index contributed by atoms with van der Waals surface area (Å²) in [6.07, 6.45) is 6.02. The highest BCUT2D eigenvalue weighted by molar-refractivity contribution is 14.1. The van der Waals surface area contributed by atoms with Crippen LogP contribution in [-0.2, 0) is 0 Å². The van der Waals surface area contributed by atoms with Gasteiger partial charge in [0.1, 0.15) is 5.82 Å². The summed E-state index contributed by atoms with van der Waals surface area (Å²) < 4.78 is 6.06. The van der Waals surface area contributed by atoms with Crippen LogP contribution in [0, 0.1) is 9.68 Å². The Hall–Kier alpha value is -1.84. The second-order valence-electron chi connectivity index (χ2n) is 6.81. The maximum absolute atomic E-state index is 12.1. The number of nitrogens with one attached hydrogen (secondary N) is 2. The number of anilines is 2. The Morgan fingerprint density at radius 3 is 2.69 bits per heavy atom. The van der Waals surface area contributed by atoms with E-state index in [1.807, 2.05) is 25.1 Å². The summed E-state index contributed by atoms with van der Waals surface area (Å²) >= 11 is 2.06. The molecule has 8 heteroatoms. The molecule has 2 aromatic rings. The van der Waals surface area contributed by atoms with Gasteiger partial charge in [0, 0.05) is 32.9 Å². The van der Waals surface area contributed by atoms with Crippen molar-refractivity contribution in [3.8, 4) is 0 Å². The Morgan fingerprint density at radius 2 is 2.04 bits per heavy atom. The SMILES string of the molecule is CN(C)c1ccnc(N[C@H]2CC[C@@H](CNC(=O)c3ccc(I)o3)CC2)n1. The molecule has 26 heavy (non-hydrogen) atoms. The highest BCUT2D eigenvalue weighted by atomic mass is 127. The summed E-state index contributed by atoms with van der Waals surface area (Å²) in [6, 6.07) is 5.77. The van der Waals surface area contributed by atoms with Crippen LogP contribution < -0.4 is 15.5 Å². The molecule has 2 N–H and O–H groups in total. The molecule has 0 spiro atoms. The third-order valence-corrected chi connectivity index (χ3v) is 5.21. The van der Waals surface area contributed by atoms with E-state index >= 15 is 0 Å². The number of hydrogen-bond acceptors (Lipinski definition) is 6. The topological polar surface area (TPSA) is 83.3 Å². The zero-order chi connectivity index (χ0) is 18.5. The first kappa shape index (κ1) is 18.9. The molecule has 3 rings (SSSR count). The second-order valence-corrected chi connectivity index (χ2v) is 7.87. The molecule has 2 aromatic heterocycles. The molecular weight excluding hydrogens is 445 g/mol. The van der Waals surface area contributed by atoms with Crippen LogP contribution in [0.15, 0.2) is 28.8 Å². The van der Waals surface area contributed by atoms with E-state index in [1.165, 1.54) is 0 Å². The van der Waals surface area contributed by atoms with Crippen LogP contribution in [0.4, 0.5) is 11.8 Å². The number of amides is 1. The van der Waals surface area contributed by atoms with Gasteiger partial charge in [-0.2, -0.15) is 4.98 Å². The summed E-state index contributed by atoms with van der Waals surface area (Å²) in [7, 11) is 3.93. The largest absolute Gasteiger partial charge is 0.445 e. The lowest BCUT2D eigenvalue weighted by Crippen LogP contribution is -2.34. The van der Waals surface area contributed by atoms with Gasteiger partial charge in [0.2, 0.25) is 5.95 Å². The van der Waals surface area contributed by atoms with Gasteiger partial charge in [0.15, 0.2) is 9.53 Å². The number of carbonyl (C=O) groups is 1. The van der Waals surface area contributed by atoms with Crippen molar-refractivity contribution in [2.45, 2.75) is 31.7 Å². The molecule has 0 radical (unpaired) electrons. The zero-order valence-electron chi connectivity index (χ0n) is 15.0. The Balaban J connectivity index is 1.43. The van der Waals surface area contributed by atoms with Gasteiger partial charge in [-0.1, -0.05) is 0 Å². The molecule has 0 unspecified atom stereocenters. The molecule has 0 atom stereocenters. The Labute approximate surface area is 167 Å². The van der Waals surface area contributed by atoms with Crippen LogP contribution in [-0.4, -0.2) is 42.6 Å². The highest BCUT2D eigenvalue weighted by Crippen LogP contribution is 2.26. The smallest absolute Gasteiger partial charge is 0.287 e. The van der Waals surface area contributed by atoms with E-state index in [-0.39, 0.29) is 5.91 Å². The van der Waals surface area contributed by atoms with Crippen LogP contribution in [0.1, 0.15) is 36.2 Å². The van der Waals surface area contributed by atoms with Gasteiger partial charge >= 0.3 is 0 Å². The number of rotatable bonds is 6. The lowest BCUT2D eigenvalue weighted by molar-refractivity contribution is 0.0914. The number of nitrogens with zero attached hydrogens (tertiary/aromatic N) is 3. The van der Waals surface area contributed by atoms with Crippen molar-refractivity contribution in [1.82, 2.24) is 15.3 Å². The summed E-state index contributed by atoms with van der Waals surface area (Å²) in [5, 5.41) is 6.42. The van der Waals surface area contributed by atoms with Gasteiger partial charge in [0.05, 0.1) is 0 Å². The first-order chi connectivity index (χ1) is 12.5. The zero-order valence-corrected chi connectivity index (χ0v) is 17.2. The number of halogens is 1. The Kier molecular flexibility index (Phi) is 6.33. The van der Waals surface area contributed by atoms with Crippen LogP contribution >= 0.6 is 22.6 Å². The minimum atomic E-state index is -0.137. The molecule has 0 aliphatic heterocycles. The average Bonchev–Trinajstić information content (AvgIpc) is 3.07. The molecule has 0 aromatic carbocycles. The average molecular weight is 469 g/mol. The molecule has 0 bridgehead atoms. The molecule has 1 fully saturated rings. The maximum atomic E-state index is 12.1. The fraction of sp³-hybridized carbons (Fsp3) is 0.500. The highest BCUT2D eigenvalue weighted by Gasteiger charge is 2.22. The number of hydrogen-bond donors (Lipinski definition) is 2.